The molecule has 98 valence electrons. The molecule has 1 amide bonds. The van der Waals surface area contributed by atoms with Crippen LogP contribution in [0.4, 0.5) is 5.82 Å². The molecule has 0 bridgehead atoms. The summed E-state index contributed by atoms with van der Waals surface area (Å²) in [5, 5.41) is 16.9. The fourth-order valence-corrected chi connectivity index (χ4v) is 1.62. The summed E-state index contributed by atoms with van der Waals surface area (Å²) < 4.78 is 0. The highest BCUT2D eigenvalue weighted by Gasteiger charge is 2.07. The predicted octanol–water partition coefficient (Wildman–Crippen LogP) is 0.918. The van der Waals surface area contributed by atoms with Gasteiger partial charge in [-0.15, -0.1) is 10.2 Å². The number of rotatable bonds is 4. The third-order valence-electron chi connectivity index (χ3n) is 2.65. The maximum Gasteiger partial charge on any atom is 0.269 e. The summed E-state index contributed by atoms with van der Waals surface area (Å²) >= 11 is 0. The Balaban J connectivity index is 2.09. The number of phenols is 1. The maximum atomic E-state index is 10.9. The highest BCUT2D eigenvalue weighted by Crippen LogP contribution is 2.14. The third-order valence-corrected chi connectivity index (χ3v) is 2.65. The van der Waals surface area contributed by atoms with Crippen molar-refractivity contribution in [1.29, 1.82) is 0 Å². The van der Waals surface area contributed by atoms with Gasteiger partial charge in [-0.3, -0.25) is 4.79 Å². The molecule has 0 aliphatic carbocycles. The molecule has 2 aromatic rings. The van der Waals surface area contributed by atoms with Crippen LogP contribution in [-0.4, -0.2) is 28.3 Å². The highest BCUT2D eigenvalue weighted by molar-refractivity contribution is 5.90. The average molecular weight is 258 g/mol. The normalized spacial score (nSPS) is 10.2. The number of benzene rings is 1. The Morgan fingerprint density at radius 3 is 2.42 bits per heavy atom. The van der Waals surface area contributed by atoms with Gasteiger partial charge in [0, 0.05) is 13.6 Å². The fourth-order valence-electron chi connectivity index (χ4n) is 1.62. The molecule has 0 aliphatic rings. The SMILES string of the molecule is CN(Cc1ccc(O)cc1)c1ccc(C(N)=O)nn1. The summed E-state index contributed by atoms with van der Waals surface area (Å²) in [6.45, 7) is 0.616. The molecule has 0 unspecified atom stereocenters. The highest BCUT2D eigenvalue weighted by atomic mass is 16.3. The van der Waals surface area contributed by atoms with Crippen molar-refractivity contribution in [2.24, 2.45) is 5.73 Å². The zero-order valence-corrected chi connectivity index (χ0v) is 10.4. The molecule has 1 heterocycles. The van der Waals surface area contributed by atoms with Crippen molar-refractivity contribution in [1.82, 2.24) is 10.2 Å². The number of carbonyl (C=O) groups is 1. The minimum Gasteiger partial charge on any atom is -0.508 e. The molecule has 6 nitrogen and oxygen atoms in total. The second-order valence-electron chi connectivity index (χ2n) is 4.16. The van der Waals surface area contributed by atoms with Gasteiger partial charge in [-0.25, -0.2) is 0 Å². The Morgan fingerprint density at radius 1 is 1.21 bits per heavy atom. The van der Waals surface area contributed by atoms with Crippen molar-refractivity contribution < 1.29 is 9.90 Å². The molecule has 2 rings (SSSR count). The summed E-state index contributed by atoms with van der Waals surface area (Å²) in [5.74, 6) is 0.273. The largest absolute Gasteiger partial charge is 0.508 e. The van der Waals surface area contributed by atoms with Crippen LogP contribution in [0, 0.1) is 0 Å². The maximum absolute atomic E-state index is 10.9. The van der Waals surface area contributed by atoms with Crippen molar-refractivity contribution in [3.8, 4) is 5.75 Å². The predicted molar refractivity (Wildman–Crippen MR) is 70.8 cm³/mol. The lowest BCUT2D eigenvalue weighted by Gasteiger charge is -2.17. The van der Waals surface area contributed by atoms with E-state index in [4.69, 9.17) is 5.73 Å². The lowest BCUT2D eigenvalue weighted by molar-refractivity contribution is 0.0994. The van der Waals surface area contributed by atoms with E-state index in [2.05, 4.69) is 10.2 Å². The third kappa shape index (κ3) is 3.19. The molecular formula is C13H14N4O2. The number of aromatic hydroxyl groups is 1. The summed E-state index contributed by atoms with van der Waals surface area (Å²) in [4.78, 5) is 12.8. The molecule has 0 spiro atoms. The second kappa shape index (κ2) is 5.34. The molecule has 1 aromatic carbocycles. The molecule has 1 aromatic heterocycles. The van der Waals surface area contributed by atoms with Crippen LogP contribution in [0.1, 0.15) is 16.1 Å². The van der Waals surface area contributed by atoms with Gasteiger partial charge in [0.1, 0.15) is 5.75 Å². The number of phenolic OH excluding ortho intramolecular Hbond substituents is 1. The van der Waals surface area contributed by atoms with Crippen molar-refractivity contribution in [3.63, 3.8) is 0 Å². The van der Waals surface area contributed by atoms with E-state index in [-0.39, 0.29) is 11.4 Å². The number of nitrogens with zero attached hydrogens (tertiary/aromatic N) is 3. The van der Waals surface area contributed by atoms with E-state index < -0.39 is 5.91 Å². The number of amides is 1. The van der Waals surface area contributed by atoms with Gasteiger partial charge >= 0.3 is 0 Å². The number of nitrogens with two attached hydrogens (primary N) is 1. The minimum absolute atomic E-state index is 0.141. The van der Waals surface area contributed by atoms with Gasteiger partial charge in [-0.05, 0) is 29.8 Å². The summed E-state index contributed by atoms with van der Waals surface area (Å²) in [5.41, 5.74) is 6.27. The molecule has 3 N–H and O–H groups in total. The van der Waals surface area contributed by atoms with E-state index in [1.165, 1.54) is 6.07 Å². The average Bonchev–Trinajstić information content (AvgIpc) is 2.41. The van der Waals surface area contributed by atoms with Gasteiger partial charge in [0.2, 0.25) is 0 Å². The van der Waals surface area contributed by atoms with E-state index in [1.54, 1.807) is 18.2 Å². The lowest BCUT2D eigenvalue weighted by Crippen LogP contribution is -2.20. The van der Waals surface area contributed by atoms with E-state index in [1.807, 2.05) is 24.1 Å². The van der Waals surface area contributed by atoms with Crippen molar-refractivity contribution >= 4 is 11.7 Å². The van der Waals surface area contributed by atoms with Gasteiger partial charge in [0.15, 0.2) is 11.5 Å². The topological polar surface area (TPSA) is 92.3 Å². The summed E-state index contributed by atoms with van der Waals surface area (Å²) in [6, 6.07) is 10.1. The molecule has 0 aliphatic heterocycles. The summed E-state index contributed by atoms with van der Waals surface area (Å²) in [7, 11) is 1.86. The molecule has 0 radical (unpaired) electrons. The molecular weight excluding hydrogens is 244 g/mol. The zero-order chi connectivity index (χ0) is 13.8. The first kappa shape index (κ1) is 12.8. The Morgan fingerprint density at radius 2 is 1.89 bits per heavy atom. The first-order valence-electron chi connectivity index (χ1n) is 5.69. The van der Waals surface area contributed by atoms with Crippen LogP contribution in [0.5, 0.6) is 5.75 Å². The van der Waals surface area contributed by atoms with Gasteiger partial charge in [0.05, 0.1) is 0 Å². The lowest BCUT2D eigenvalue weighted by atomic mass is 10.2. The zero-order valence-electron chi connectivity index (χ0n) is 10.4. The van der Waals surface area contributed by atoms with E-state index >= 15 is 0 Å². The van der Waals surface area contributed by atoms with Gasteiger partial charge in [0.25, 0.3) is 5.91 Å². The van der Waals surface area contributed by atoms with Crippen LogP contribution in [0.15, 0.2) is 36.4 Å². The Labute approximate surface area is 110 Å². The van der Waals surface area contributed by atoms with E-state index in [9.17, 15) is 9.90 Å². The van der Waals surface area contributed by atoms with Crippen LogP contribution in [0.25, 0.3) is 0 Å². The molecule has 0 fully saturated rings. The Hall–Kier alpha value is -2.63. The van der Waals surface area contributed by atoms with Crippen LogP contribution >= 0.6 is 0 Å². The smallest absolute Gasteiger partial charge is 0.269 e. The van der Waals surface area contributed by atoms with Crippen LogP contribution < -0.4 is 10.6 Å². The van der Waals surface area contributed by atoms with Gasteiger partial charge < -0.3 is 15.7 Å². The standard InChI is InChI=1S/C13H14N4O2/c1-17(8-9-2-4-10(18)5-3-9)12-7-6-11(13(14)19)15-16-12/h2-7,18H,8H2,1H3,(H2,14,19). The van der Waals surface area contributed by atoms with Gasteiger partial charge in [-0.1, -0.05) is 12.1 Å². The Bertz CT molecular complexity index is 566. The fraction of sp³-hybridized carbons (Fsp3) is 0.154. The molecule has 19 heavy (non-hydrogen) atoms. The first-order chi connectivity index (χ1) is 9.06. The number of carbonyl (C=O) groups excluding carboxylic acids is 1. The van der Waals surface area contributed by atoms with Crippen LogP contribution in [0.2, 0.25) is 0 Å². The first-order valence-corrected chi connectivity index (χ1v) is 5.69. The van der Waals surface area contributed by atoms with Crippen LogP contribution in [-0.2, 0) is 6.54 Å². The number of hydrogen-bond donors (Lipinski definition) is 2. The molecule has 0 saturated carbocycles. The molecule has 0 atom stereocenters. The van der Waals surface area contributed by atoms with E-state index in [0.717, 1.165) is 5.56 Å². The molecule has 0 saturated heterocycles. The van der Waals surface area contributed by atoms with E-state index in [0.29, 0.717) is 12.4 Å². The molecule has 6 heteroatoms. The number of aromatic nitrogens is 2. The summed E-state index contributed by atoms with van der Waals surface area (Å²) in [6.07, 6.45) is 0. The second-order valence-corrected chi connectivity index (χ2v) is 4.16. The van der Waals surface area contributed by atoms with Crippen LogP contribution in [0.3, 0.4) is 0 Å². The van der Waals surface area contributed by atoms with Crippen molar-refractivity contribution in [3.05, 3.63) is 47.7 Å². The Kier molecular flexibility index (Phi) is 3.61. The number of hydrogen-bond acceptors (Lipinski definition) is 5. The van der Waals surface area contributed by atoms with Crippen molar-refractivity contribution in [2.75, 3.05) is 11.9 Å². The number of anilines is 1. The number of primary amides is 1. The quantitative estimate of drug-likeness (QED) is 0.850. The minimum atomic E-state index is -0.597. The monoisotopic (exact) mass is 258 g/mol. The van der Waals surface area contributed by atoms with Gasteiger partial charge in [-0.2, -0.15) is 0 Å². The van der Waals surface area contributed by atoms with Crippen molar-refractivity contribution in [2.45, 2.75) is 6.54 Å².